The minimum atomic E-state index is -0.322. The van der Waals surface area contributed by atoms with Crippen molar-refractivity contribution in [3.63, 3.8) is 0 Å². The molecular formula is C17H22ClFN2O2. The Morgan fingerprint density at radius 1 is 1.30 bits per heavy atom. The number of piperidine rings is 1. The quantitative estimate of drug-likeness (QED) is 0.847. The lowest BCUT2D eigenvalue weighted by molar-refractivity contribution is -0.141. The molecule has 1 aromatic carbocycles. The first-order chi connectivity index (χ1) is 11.1. The van der Waals surface area contributed by atoms with Gasteiger partial charge in [-0.3, -0.25) is 9.69 Å². The first kappa shape index (κ1) is 16.7. The second-order valence-electron chi connectivity index (χ2n) is 6.25. The number of carbonyl (C=O) groups is 1. The Morgan fingerprint density at radius 2 is 2.09 bits per heavy atom. The fraction of sp³-hybridized carbons (Fsp3) is 0.588. The molecule has 2 aliphatic heterocycles. The van der Waals surface area contributed by atoms with Crippen LogP contribution in [0.1, 0.15) is 18.4 Å². The molecule has 0 aromatic heterocycles. The molecule has 0 N–H and O–H groups in total. The Bertz CT molecular complexity index is 564. The molecule has 3 rings (SSSR count). The standard InChI is InChI=1S/C17H22ClFN2O2/c18-16-10-15(19)4-3-13(16)11-20-5-1-2-14(12-20)17(22)21-6-8-23-9-7-21/h3-4,10,14H,1-2,5-9,11-12H2. The zero-order valence-corrected chi connectivity index (χ0v) is 13.9. The number of hydrogen-bond acceptors (Lipinski definition) is 3. The molecule has 2 aliphatic rings. The number of amides is 1. The van der Waals surface area contributed by atoms with Crippen molar-refractivity contribution in [1.82, 2.24) is 9.80 Å². The van der Waals surface area contributed by atoms with Crippen LogP contribution in [0, 0.1) is 11.7 Å². The summed E-state index contributed by atoms with van der Waals surface area (Å²) in [5, 5.41) is 0.451. The summed E-state index contributed by atoms with van der Waals surface area (Å²) in [6.45, 7) is 5.00. The molecule has 1 aromatic rings. The maximum absolute atomic E-state index is 13.1. The minimum Gasteiger partial charge on any atom is -0.378 e. The second kappa shape index (κ2) is 7.60. The van der Waals surface area contributed by atoms with Gasteiger partial charge in [-0.25, -0.2) is 4.39 Å². The second-order valence-corrected chi connectivity index (χ2v) is 6.65. The van der Waals surface area contributed by atoms with Gasteiger partial charge in [0.25, 0.3) is 0 Å². The molecule has 1 atom stereocenters. The highest BCUT2D eigenvalue weighted by molar-refractivity contribution is 6.31. The first-order valence-corrected chi connectivity index (χ1v) is 8.54. The smallest absolute Gasteiger partial charge is 0.227 e. The largest absolute Gasteiger partial charge is 0.378 e. The predicted octanol–water partition coefficient (Wildman–Crippen LogP) is 2.55. The van der Waals surface area contributed by atoms with Gasteiger partial charge in [-0.1, -0.05) is 17.7 Å². The molecule has 0 aliphatic carbocycles. The monoisotopic (exact) mass is 340 g/mol. The van der Waals surface area contributed by atoms with Gasteiger partial charge in [0.2, 0.25) is 5.91 Å². The lowest BCUT2D eigenvalue weighted by atomic mass is 9.96. The number of likely N-dealkylation sites (tertiary alicyclic amines) is 1. The fourth-order valence-electron chi connectivity index (χ4n) is 3.33. The molecule has 0 saturated carbocycles. The molecule has 126 valence electrons. The topological polar surface area (TPSA) is 32.8 Å². The highest BCUT2D eigenvalue weighted by Gasteiger charge is 2.30. The van der Waals surface area contributed by atoms with Crippen LogP contribution in [0.15, 0.2) is 18.2 Å². The highest BCUT2D eigenvalue weighted by atomic mass is 35.5. The summed E-state index contributed by atoms with van der Waals surface area (Å²) in [5.74, 6) is -0.0398. The molecule has 0 bridgehead atoms. The third-order valence-corrected chi connectivity index (χ3v) is 4.94. The van der Waals surface area contributed by atoms with E-state index in [4.69, 9.17) is 16.3 Å². The van der Waals surface area contributed by atoms with Gasteiger partial charge in [0, 0.05) is 31.2 Å². The molecule has 2 fully saturated rings. The summed E-state index contributed by atoms with van der Waals surface area (Å²) < 4.78 is 18.5. The zero-order valence-electron chi connectivity index (χ0n) is 13.1. The van der Waals surface area contributed by atoms with Crippen LogP contribution < -0.4 is 0 Å². The van der Waals surface area contributed by atoms with E-state index in [0.717, 1.165) is 31.5 Å². The van der Waals surface area contributed by atoms with E-state index >= 15 is 0 Å². The molecule has 4 nitrogen and oxygen atoms in total. The van der Waals surface area contributed by atoms with Crippen molar-refractivity contribution >= 4 is 17.5 Å². The van der Waals surface area contributed by atoms with E-state index in [1.54, 1.807) is 6.07 Å². The highest BCUT2D eigenvalue weighted by Crippen LogP contribution is 2.24. The number of carbonyl (C=O) groups excluding carboxylic acids is 1. The van der Waals surface area contributed by atoms with Gasteiger partial charge in [-0.05, 0) is 37.1 Å². The molecular weight excluding hydrogens is 319 g/mol. The van der Waals surface area contributed by atoms with E-state index in [1.165, 1.54) is 12.1 Å². The van der Waals surface area contributed by atoms with Gasteiger partial charge in [0.15, 0.2) is 0 Å². The minimum absolute atomic E-state index is 0.0427. The molecule has 2 heterocycles. The zero-order chi connectivity index (χ0) is 16.2. The number of nitrogens with zero attached hydrogens (tertiary/aromatic N) is 2. The Balaban J connectivity index is 1.60. The number of hydrogen-bond donors (Lipinski definition) is 0. The van der Waals surface area contributed by atoms with Crippen LogP contribution >= 0.6 is 11.6 Å². The SMILES string of the molecule is O=C(C1CCCN(Cc2ccc(F)cc2Cl)C1)N1CCOCC1. The summed E-state index contributed by atoms with van der Waals surface area (Å²) in [5.41, 5.74) is 0.910. The van der Waals surface area contributed by atoms with E-state index in [2.05, 4.69) is 4.90 Å². The van der Waals surface area contributed by atoms with Crippen LogP contribution in [0.3, 0.4) is 0 Å². The van der Waals surface area contributed by atoms with Gasteiger partial charge in [0.1, 0.15) is 5.82 Å². The summed E-state index contributed by atoms with van der Waals surface area (Å²) >= 11 is 6.11. The van der Waals surface area contributed by atoms with Crippen LogP contribution in [0.4, 0.5) is 4.39 Å². The van der Waals surface area contributed by atoms with Crippen molar-refractivity contribution < 1.29 is 13.9 Å². The van der Waals surface area contributed by atoms with Gasteiger partial charge < -0.3 is 9.64 Å². The van der Waals surface area contributed by atoms with E-state index in [0.29, 0.717) is 37.9 Å². The van der Waals surface area contributed by atoms with Crippen LogP contribution in [0.2, 0.25) is 5.02 Å². The third-order valence-electron chi connectivity index (χ3n) is 4.59. The Kier molecular flexibility index (Phi) is 5.51. The molecule has 1 unspecified atom stereocenters. The van der Waals surface area contributed by atoms with Crippen LogP contribution in [-0.4, -0.2) is 55.1 Å². The van der Waals surface area contributed by atoms with Crippen molar-refractivity contribution in [3.05, 3.63) is 34.6 Å². The first-order valence-electron chi connectivity index (χ1n) is 8.16. The number of halogens is 2. The van der Waals surface area contributed by atoms with Crippen molar-refractivity contribution in [2.75, 3.05) is 39.4 Å². The Hall–Kier alpha value is -1.17. The average molecular weight is 341 g/mol. The number of ether oxygens (including phenoxy) is 1. The fourth-order valence-corrected chi connectivity index (χ4v) is 3.56. The van der Waals surface area contributed by atoms with Gasteiger partial charge in [-0.2, -0.15) is 0 Å². The van der Waals surface area contributed by atoms with Gasteiger partial charge in [-0.15, -0.1) is 0 Å². The van der Waals surface area contributed by atoms with Crippen molar-refractivity contribution in [3.8, 4) is 0 Å². The maximum Gasteiger partial charge on any atom is 0.227 e. The van der Waals surface area contributed by atoms with E-state index < -0.39 is 0 Å². The van der Waals surface area contributed by atoms with Gasteiger partial charge >= 0.3 is 0 Å². The van der Waals surface area contributed by atoms with Crippen molar-refractivity contribution in [2.24, 2.45) is 5.92 Å². The maximum atomic E-state index is 13.1. The summed E-state index contributed by atoms with van der Waals surface area (Å²) in [7, 11) is 0. The molecule has 1 amide bonds. The number of benzene rings is 1. The lowest BCUT2D eigenvalue weighted by Crippen LogP contribution is -2.48. The normalized spacial score (nSPS) is 23.0. The summed E-state index contributed by atoms with van der Waals surface area (Å²) in [6, 6.07) is 4.50. The van der Waals surface area contributed by atoms with Crippen LogP contribution in [0.25, 0.3) is 0 Å². The van der Waals surface area contributed by atoms with Crippen LogP contribution in [0.5, 0.6) is 0 Å². The molecule has 0 spiro atoms. The summed E-state index contributed by atoms with van der Waals surface area (Å²) in [6.07, 6.45) is 1.93. The van der Waals surface area contributed by atoms with E-state index in [9.17, 15) is 9.18 Å². The van der Waals surface area contributed by atoms with Crippen molar-refractivity contribution in [2.45, 2.75) is 19.4 Å². The Labute approximate surface area is 141 Å². The third kappa shape index (κ3) is 4.22. The number of morpholine rings is 1. The van der Waals surface area contributed by atoms with E-state index in [-0.39, 0.29) is 17.6 Å². The van der Waals surface area contributed by atoms with Gasteiger partial charge in [0.05, 0.1) is 19.1 Å². The molecule has 2 saturated heterocycles. The predicted molar refractivity (Wildman–Crippen MR) is 86.8 cm³/mol. The molecule has 23 heavy (non-hydrogen) atoms. The lowest BCUT2D eigenvalue weighted by Gasteiger charge is -2.36. The Morgan fingerprint density at radius 3 is 2.83 bits per heavy atom. The van der Waals surface area contributed by atoms with Crippen molar-refractivity contribution in [1.29, 1.82) is 0 Å². The molecule has 6 heteroatoms. The molecule has 0 radical (unpaired) electrons. The summed E-state index contributed by atoms with van der Waals surface area (Å²) in [4.78, 5) is 16.8. The average Bonchev–Trinajstić information content (AvgIpc) is 2.58. The van der Waals surface area contributed by atoms with Crippen LogP contribution in [-0.2, 0) is 16.1 Å². The van der Waals surface area contributed by atoms with E-state index in [1.807, 2.05) is 4.90 Å². The number of rotatable bonds is 3.